The van der Waals surface area contributed by atoms with Crippen LogP contribution in [0.25, 0.3) is 10.9 Å². The SMILES string of the molecule is Cc1ccc2c(c1)c(=O)ccn2CC(=O)N1CCN(C)CC1. The van der Waals surface area contributed by atoms with Crippen molar-refractivity contribution in [2.75, 3.05) is 33.2 Å². The minimum absolute atomic E-state index is 0.00185. The number of rotatable bonds is 2. The number of nitrogens with zero attached hydrogens (tertiary/aromatic N) is 3. The molecule has 1 aliphatic rings. The Balaban J connectivity index is 1.86. The van der Waals surface area contributed by atoms with Gasteiger partial charge in [0.15, 0.2) is 5.43 Å². The van der Waals surface area contributed by atoms with Crippen LogP contribution in [-0.2, 0) is 11.3 Å². The molecule has 0 radical (unpaired) electrons. The molecule has 0 bridgehead atoms. The minimum atomic E-state index is 0.00185. The van der Waals surface area contributed by atoms with Crippen molar-refractivity contribution in [1.82, 2.24) is 14.4 Å². The summed E-state index contributed by atoms with van der Waals surface area (Å²) in [5.41, 5.74) is 1.87. The molecule has 0 saturated carbocycles. The largest absolute Gasteiger partial charge is 0.339 e. The quantitative estimate of drug-likeness (QED) is 0.834. The predicted octanol–water partition coefficient (Wildman–Crippen LogP) is 1.08. The molecule has 1 aromatic heterocycles. The number of piperazine rings is 1. The lowest BCUT2D eigenvalue weighted by Crippen LogP contribution is -2.48. The fourth-order valence-electron chi connectivity index (χ4n) is 2.86. The summed E-state index contributed by atoms with van der Waals surface area (Å²) in [5, 5.41) is 0.675. The number of aryl methyl sites for hydroxylation is 1. The smallest absolute Gasteiger partial charge is 0.242 e. The van der Waals surface area contributed by atoms with E-state index in [9.17, 15) is 9.59 Å². The Labute approximate surface area is 129 Å². The van der Waals surface area contributed by atoms with Gasteiger partial charge in [-0.3, -0.25) is 9.59 Å². The first-order valence-electron chi connectivity index (χ1n) is 7.61. The normalized spacial score (nSPS) is 16.2. The van der Waals surface area contributed by atoms with Gasteiger partial charge in [-0.1, -0.05) is 11.6 Å². The van der Waals surface area contributed by atoms with Crippen LogP contribution in [-0.4, -0.2) is 53.5 Å². The molecular formula is C17H21N3O2. The molecule has 0 aliphatic carbocycles. The number of hydrogen-bond acceptors (Lipinski definition) is 3. The first kappa shape index (κ1) is 14.8. The van der Waals surface area contributed by atoms with Crippen LogP contribution < -0.4 is 5.43 Å². The molecule has 116 valence electrons. The molecule has 22 heavy (non-hydrogen) atoms. The summed E-state index contributed by atoms with van der Waals surface area (Å²) in [6.45, 7) is 5.61. The van der Waals surface area contributed by atoms with E-state index in [0.717, 1.165) is 37.3 Å². The molecule has 1 amide bonds. The summed E-state index contributed by atoms with van der Waals surface area (Å²) in [5.74, 6) is 0.110. The maximum Gasteiger partial charge on any atom is 0.242 e. The monoisotopic (exact) mass is 299 g/mol. The maximum absolute atomic E-state index is 12.5. The van der Waals surface area contributed by atoms with Gasteiger partial charge >= 0.3 is 0 Å². The van der Waals surface area contributed by atoms with Crippen LogP contribution >= 0.6 is 0 Å². The van der Waals surface area contributed by atoms with Gasteiger partial charge in [0, 0.05) is 43.8 Å². The van der Waals surface area contributed by atoms with Crippen LogP contribution in [0.1, 0.15) is 5.56 Å². The van der Waals surface area contributed by atoms with E-state index in [1.165, 1.54) is 0 Å². The number of pyridine rings is 1. The number of hydrogen-bond donors (Lipinski definition) is 0. The molecule has 2 heterocycles. The third-order valence-electron chi connectivity index (χ3n) is 4.29. The van der Waals surface area contributed by atoms with E-state index in [1.807, 2.05) is 34.6 Å². The number of benzene rings is 1. The van der Waals surface area contributed by atoms with E-state index in [0.29, 0.717) is 5.39 Å². The second-order valence-electron chi connectivity index (χ2n) is 6.01. The van der Waals surface area contributed by atoms with Crippen molar-refractivity contribution in [2.45, 2.75) is 13.5 Å². The summed E-state index contributed by atoms with van der Waals surface area (Å²) in [6, 6.07) is 7.31. The topological polar surface area (TPSA) is 45.6 Å². The molecule has 3 rings (SSSR count). The summed E-state index contributed by atoms with van der Waals surface area (Å²) in [6.07, 6.45) is 1.72. The maximum atomic E-state index is 12.5. The Morgan fingerprint density at radius 3 is 2.59 bits per heavy atom. The van der Waals surface area contributed by atoms with E-state index in [2.05, 4.69) is 11.9 Å². The van der Waals surface area contributed by atoms with Gasteiger partial charge in [0.05, 0.1) is 5.52 Å². The molecule has 1 aromatic carbocycles. The van der Waals surface area contributed by atoms with Crippen molar-refractivity contribution in [2.24, 2.45) is 0 Å². The Bertz CT molecular complexity index is 758. The van der Waals surface area contributed by atoms with E-state index in [-0.39, 0.29) is 17.9 Å². The van der Waals surface area contributed by atoms with Gasteiger partial charge in [0.2, 0.25) is 5.91 Å². The summed E-state index contributed by atoms with van der Waals surface area (Å²) in [7, 11) is 2.07. The van der Waals surface area contributed by atoms with Crippen LogP contribution in [0.2, 0.25) is 0 Å². The summed E-state index contributed by atoms with van der Waals surface area (Å²) < 4.78 is 1.87. The standard InChI is InChI=1S/C17H21N3O2/c1-13-3-4-15-14(11-13)16(21)5-6-20(15)12-17(22)19-9-7-18(2)8-10-19/h3-6,11H,7-10,12H2,1-2H3. The molecular weight excluding hydrogens is 278 g/mol. The highest BCUT2D eigenvalue weighted by molar-refractivity contribution is 5.82. The van der Waals surface area contributed by atoms with Crippen molar-refractivity contribution in [3.8, 4) is 0 Å². The fraction of sp³-hybridized carbons (Fsp3) is 0.412. The van der Waals surface area contributed by atoms with E-state index in [1.54, 1.807) is 12.3 Å². The van der Waals surface area contributed by atoms with E-state index < -0.39 is 0 Å². The average Bonchev–Trinajstić information content (AvgIpc) is 2.51. The van der Waals surface area contributed by atoms with Crippen molar-refractivity contribution in [3.05, 3.63) is 46.2 Å². The van der Waals surface area contributed by atoms with Crippen LogP contribution in [0.5, 0.6) is 0 Å². The van der Waals surface area contributed by atoms with E-state index >= 15 is 0 Å². The third kappa shape index (κ3) is 2.90. The van der Waals surface area contributed by atoms with Crippen molar-refractivity contribution < 1.29 is 4.79 Å². The van der Waals surface area contributed by atoms with Gasteiger partial charge in [-0.15, -0.1) is 0 Å². The molecule has 0 N–H and O–H groups in total. The average molecular weight is 299 g/mol. The van der Waals surface area contributed by atoms with Crippen LogP contribution in [0.4, 0.5) is 0 Å². The molecule has 1 saturated heterocycles. The third-order valence-corrected chi connectivity index (χ3v) is 4.29. The van der Waals surface area contributed by atoms with Crippen molar-refractivity contribution >= 4 is 16.8 Å². The first-order chi connectivity index (χ1) is 10.5. The zero-order valence-electron chi connectivity index (χ0n) is 13.1. The molecule has 0 atom stereocenters. The zero-order chi connectivity index (χ0) is 15.7. The molecule has 0 unspecified atom stereocenters. The lowest BCUT2D eigenvalue weighted by atomic mass is 10.1. The Morgan fingerprint density at radius 1 is 1.14 bits per heavy atom. The van der Waals surface area contributed by atoms with Gasteiger partial charge < -0.3 is 14.4 Å². The van der Waals surface area contributed by atoms with Crippen LogP contribution in [0.3, 0.4) is 0 Å². The highest BCUT2D eigenvalue weighted by Gasteiger charge is 2.19. The summed E-state index contributed by atoms with van der Waals surface area (Å²) in [4.78, 5) is 28.6. The first-order valence-corrected chi connectivity index (χ1v) is 7.61. The predicted molar refractivity (Wildman–Crippen MR) is 87.0 cm³/mol. The number of carbonyl (C=O) groups excluding carboxylic acids is 1. The van der Waals surface area contributed by atoms with Crippen LogP contribution in [0.15, 0.2) is 35.3 Å². The van der Waals surface area contributed by atoms with Gasteiger partial charge in [0.25, 0.3) is 0 Å². The molecule has 1 aliphatic heterocycles. The molecule has 0 spiro atoms. The Kier molecular flexibility index (Phi) is 3.98. The van der Waals surface area contributed by atoms with Gasteiger partial charge in [-0.2, -0.15) is 0 Å². The minimum Gasteiger partial charge on any atom is -0.339 e. The highest BCUT2D eigenvalue weighted by atomic mass is 16.2. The number of aromatic nitrogens is 1. The molecule has 1 fully saturated rings. The number of likely N-dealkylation sites (N-methyl/N-ethyl adjacent to an activating group) is 1. The molecule has 5 heteroatoms. The summed E-state index contributed by atoms with van der Waals surface area (Å²) >= 11 is 0. The molecule has 2 aromatic rings. The lowest BCUT2D eigenvalue weighted by Gasteiger charge is -2.32. The van der Waals surface area contributed by atoms with Crippen LogP contribution in [0, 0.1) is 6.92 Å². The Hall–Kier alpha value is -2.14. The van der Waals surface area contributed by atoms with E-state index in [4.69, 9.17) is 0 Å². The van der Waals surface area contributed by atoms with Gasteiger partial charge in [0.1, 0.15) is 6.54 Å². The van der Waals surface area contributed by atoms with Crippen molar-refractivity contribution in [3.63, 3.8) is 0 Å². The zero-order valence-corrected chi connectivity index (χ0v) is 13.1. The second kappa shape index (κ2) is 5.93. The van der Waals surface area contributed by atoms with Gasteiger partial charge in [-0.25, -0.2) is 0 Å². The lowest BCUT2D eigenvalue weighted by molar-refractivity contribution is -0.133. The number of amides is 1. The Morgan fingerprint density at radius 2 is 1.86 bits per heavy atom. The van der Waals surface area contributed by atoms with Crippen molar-refractivity contribution in [1.29, 1.82) is 0 Å². The number of carbonyl (C=O) groups is 1. The second-order valence-corrected chi connectivity index (χ2v) is 6.01. The highest BCUT2D eigenvalue weighted by Crippen LogP contribution is 2.13. The fourth-order valence-corrected chi connectivity index (χ4v) is 2.86. The number of fused-ring (bicyclic) bond motifs is 1. The molecule has 5 nitrogen and oxygen atoms in total. The van der Waals surface area contributed by atoms with Gasteiger partial charge in [-0.05, 0) is 26.1 Å².